The molecule has 0 fully saturated rings. The third kappa shape index (κ3) is 295. The maximum Gasteiger partial charge on any atom is 0.300 e. The van der Waals surface area contributed by atoms with Crippen LogP contribution in [0.5, 0.6) is 0 Å². The summed E-state index contributed by atoms with van der Waals surface area (Å²) in [7, 11) is 0. The van der Waals surface area contributed by atoms with E-state index in [1.54, 1.807) is 0 Å². The third-order valence-electron chi connectivity index (χ3n) is 0. The van der Waals surface area contributed by atoms with Crippen LogP contribution in [-0.2, 0) is 21.9 Å². The van der Waals surface area contributed by atoms with Crippen LogP contribution in [0.2, 0.25) is 0 Å². The van der Waals surface area contributed by atoms with Gasteiger partial charge in [-0.3, -0.25) is 4.79 Å². The fourth-order valence-electron chi connectivity index (χ4n) is 0. The van der Waals surface area contributed by atoms with E-state index >= 15 is 0 Å². The summed E-state index contributed by atoms with van der Waals surface area (Å²) in [6.07, 6.45) is 0. The molecule has 0 amide bonds. The molecule has 1 N–H and O–H groups in total. The van der Waals surface area contributed by atoms with E-state index in [0.29, 0.717) is 0 Å². The summed E-state index contributed by atoms with van der Waals surface area (Å²) in [6, 6.07) is 0. The van der Waals surface area contributed by atoms with Gasteiger partial charge in [0.2, 0.25) is 0 Å². The molecule has 0 aromatic heterocycles. The first-order valence-corrected chi connectivity index (χ1v) is 1.48. The molecule has 0 aromatic rings. The van der Waals surface area contributed by atoms with E-state index < -0.39 is 11.1 Å². The van der Waals surface area contributed by atoms with Crippen LogP contribution in [0.1, 0.15) is 6.92 Å². The normalized spacial score (nSPS) is 5.44. The molecule has 0 aliphatic rings. The molecule has 0 spiro atoms. The SMILES string of the molecule is CC(=O)O.O=[N+]([O-])[O-].[Mn]. The molecule has 55 valence electrons. The Morgan fingerprint density at radius 3 is 1.56 bits per heavy atom. The van der Waals surface area contributed by atoms with E-state index in [1.807, 2.05) is 0 Å². The van der Waals surface area contributed by atoms with Crippen molar-refractivity contribution in [2.24, 2.45) is 0 Å². The first-order chi connectivity index (χ1) is 3.46. The van der Waals surface area contributed by atoms with Gasteiger partial charge < -0.3 is 20.4 Å². The van der Waals surface area contributed by atoms with Gasteiger partial charge in [0, 0.05) is 24.0 Å². The van der Waals surface area contributed by atoms with Gasteiger partial charge in [0.05, 0.1) is 5.09 Å². The van der Waals surface area contributed by atoms with Crippen LogP contribution in [0, 0.1) is 15.3 Å². The van der Waals surface area contributed by atoms with Crippen LogP contribution in [-0.4, -0.2) is 16.2 Å². The number of hydrogen-bond donors (Lipinski definition) is 1. The minimum Gasteiger partial charge on any atom is -0.481 e. The van der Waals surface area contributed by atoms with Crippen molar-refractivity contribution in [3.63, 3.8) is 0 Å². The van der Waals surface area contributed by atoms with Crippen molar-refractivity contribution < 1.29 is 32.1 Å². The monoisotopic (exact) mass is 177 g/mol. The summed E-state index contributed by atoms with van der Waals surface area (Å²) >= 11 is 0. The van der Waals surface area contributed by atoms with Gasteiger partial charge in [-0.1, -0.05) is 0 Å². The van der Waals surface area contributed by atoms with E-state index in [4.69, 9.17) is 25.2 Å². The molecule has 7 heteroatoms. The maximum absolute atomic E-state index is 9.00. The Kier molecular flexibility index (Phi) is 17.9. The first-order valence-electron chi connectivity index (χ1n) is 1.48. The van der Waals surface area contributed by atoms with Crippen LogP contribution in [0.4, 0.5) is 0 Å². The summed E-state index contributed by atoms with van der Waals surface area (Å²) in [5, 5.41) is 22.2. The van der Waals surface area contributed by atoms with Crippen LogP contribution in [0.3, 0.4) is 0 Å². The second kappa shape index (κ2) is 10.2. The Balaban J connectivity index is -0.0000000720. The van der Waals surface area contributed by atoms with E-state index in [-0.39, 0.29) is 17.1 Å². The van der Waals surface area contributed by atoms with Crippen molar-refractivity contribution in [2.75, 3.05) is 0 Å². The van der Waals surface area contributed by atoms with Gasteiger partial charge in [-0.2, -0.15) is 0 Å². The molecule has 9 heavy (non-hydrogen) atoms. The van der Waals surface area contributed by atoms with E-state index in [2.05, 4.69) is 0 Å². The standard InChI is InChI=1S/C2H4O2.Mn.NO3/c1-2(3)4;;2-1(3)4/h1H3,(H,3,4);;/q;;-1. The largest absolute Gasteiger partial charge is 0.481 e. The summed E-state index contributed by atoms with van der Waals surface area (Å²) in [5.41, 5.74) is 0. The second-order valence-corrected chi connectivity index (χ2v) is 0.743. The molecule has 0 unspecified atom stereocenters. The van der Waals surface area contributed by atoms with E-state index in [0.717, 1.165) is 6.92 Å². The van der Waals surface area contributed by atoms with Crippen LogP contribution >= 0.6 is 0 Å². The van der Waals surface area contributed by atoms with Gasteiger partial charge in [0.25, 0.3) is 5.97 Å². The predicted molar refractivity (Wildman–Crippen MR) is 23.7 cm³/mol. The number of hydrogen-bond acceptors (Lipinski definition) is 4. The molecule has 0 rings (SSSR count). The summed E-state index contributed by atoms with van der Waals surface area (Å²) < 4.78 is 0. The first kappa shape index (κ1) is 15.7. The number of rotatable bonds is 0. The Morgan fingerprint density at radius 1 is 1.56 bits per heavy atom. The second-order valence-electron chi connectivity index (χ2n) is 0.743. The Labute approximate surface area is 61.1 Å². The van der Waals surface area contributed by atoms with Crippen LogP contribution in [0.15, 0.2) is 0 Å². The van der Waals surface area contributed by atoms with Gasteiger partial charge in [0.15, 0.2) is 0 Å². The Hall–Kier alpha value is -0.811. The molecule has 0 atom stereocenters. The molecule has 0 aliphatic heterocycles. The van der Waals surface area contributed by atoms with E-state index in [9.17, 15) is 0 Å². The van der Waals surface area contributed by atoms with Gasteiger partial charge in [0.1, 0.15) is 0 Å². The minimum atomic E-state index is -1.75. The van der Waals surface area contributed by atoms with Gasteiger partial charge in [-0.25, -0.2) is 0 Å². The Morgan fingerprint density at radius 2 is 1.56 bits per heavy atom. The maximum atomic E-state index is 9.00. The van der Waals surface area contributed by atoms with Crippen molar-refractivity contribution in [3.05, 3.63) is 15.3 Å². The number of carbonyl (C=O) groups is 1. The molecule has 0 bridgehead atoms. The topological polar surface area (TPSA) is 104 Å². The van der Waals surface area contributed by atoms with Crippen molar-refractivity contribution >= 4 is 5.97 Å². The number of nitrogens with zero attached hydrogens (tertiary/aromatic N) is 1. The average Bonchev–Trinajstić information content (AvgIpc) is 1.25. The fraction of sp³-hybridized carbons (Fsp3) is 0.500. The van der Waals surface area contributed by atoms with Crippen molar-refractivity contribution in [1.82, 2.24) is 0 Å². The predicted octanol–water partition coefficient (Wildman–Crippen LogP) is -0.151. The molecular formula is C2H4MnNO5-. The molecule has 6 nitrogen and oxygen atoms in total. The van der Waals surface area contributed by atoms with Crippen LogP contribution < -0.4 is 0 Å². The zero-order valence-electron chi connectivity index (χ0n) is 4.41. The smallest absolute Gasteiger partial charge is 0.300 e. The van der Waals surface area contributed by atoms with Gasteiger partial charge in [-0.05, 0) is 0 Å². The van der Waals surface area contributed by atoms with Crippen molar-refractivity contribution in [3.8, 4) is 0 Å². The van der Waals surface area contributed by atoms with Crippen molar-refractivity contribution in [1.29, 1.82) is 0 Å². The molecule has 0 aromatic carbocycles. The number of aliphatic carboxylic acids is 1. The Bertz CT molecular complexity index is 73.0. The van der Waals surface area contributed by atoms with Crippen LogP contribution in [0.25, 0.3) is 0 Å². The molecule has 1 radical (unpaired) electrons. The zero-order chi connectivity index (χ0) is 7.15. The molecule has 0 aliphatic carbocycles. The number of carboxylic acid groups (broad SMARTS) is 1. The molecule has 0 heterocycles. The van der Waals surface area contributed by atoms with E-state index in [1.165, 1.54) is 0 Å². The van der Waals surface area contributed by atoms with Gasteiger partial charge in [-0.15, -0.1) is 0 Å². The zero-order valence-corrected chi connectivity index (χ0v) is 5.59. The summed E-state index contributed by atoms with van der Waals surface area (Å²) in [4.78, 5) is 17.2. The van der Waals surface area contributed by atoms with Gasteiger partial charge >= 0.3 is 0 Å². The summed E-state index contributed by atoms with van der Waals surface area (Å²) in [5.74, 6) is -0.833. The van der Waals surface area contributed by atoms with Crippen molar-refractivity contribution in [2.45, 2.75) is 6.92 Å². The minimum absolute atomic E-state index is 0. The number of carboxylic acids is 1. The fourth-order valence-corrected chi connectivity index (χ4v) is 0. The molecular weight excluding hydrogens is 173 g/mol. The average molecular weight is 177 g/mol. The third-order valence-corrected chi connectivity index (χ3v) is 0. The molecule has 0 saturated carbocycles. The molecule has 0 saturated heterocycles. The quantitative estimate of drug-likeness (QED) is 0.314. The summed E-state index contributed by atoms with van der Waals surface area (Å²) in [6.45, 7) is 1.08.